The van der Waals surface area contributed by atoms with Gasteiger partial charge in [0.1, 0.15) is 11.6 Å². The van der Waals surface area contributed by atoms with Gasteiger partial charge in [-0.1, -0.05) is 6.07 Å². The Labute approximate surface area is 128 Å². The number of anilines is 1. The summed E-state index contributed by atoms with van der Waals surface area (Å²) in [6.07, 6.45) is 1.57. The van der Waals surface area contributed by atoms with E-state index in [1.165, 1.54) is 18.2 Å². The minimum atomic E-state index is -0.484. The predicted molar refractivity (Wildman–Crippen MR) is 82.0 cm³/mol. The van der Waals surface area contributed by atoms with E-state index in [0.29, 0.717) is 5.39 Å². The lowest BCUT2D eigenvalue weighted by molar-refractivity contribution is 0.463. The highest BCUT2D eigenvalue weighted by molar-refractivity contribution is 9.10. The number of pyridine rings is 1. The van der Waals surface area contributed by atoms with Gasteiger partial charge in [-0.3, -0.25) is 0 Å². The number of nitrogens with zero attached hydrogens (tertiary/aromatic N) is 1. The molecule has 6 heteroatoms. The first kappa shape index (κ1) is 13.6. The molecule has 2 aromatic carbocycles. The molecule has 0 bridgehead atoms. The van der Waals surface area contributed by atoms with Crippen LogP contribution in [0.5, 0.6) is 17.4 Å². The van der Waals surface area contributed by atoms with Crippen molar-refractivity contribution in [1.29, 1.82) is 0 Å². The van der Waals surface area contributed by atoms with E-state index in [1.54, 1.807) is 24.4 Å². The number of nitrogens with two attached hydrogens (primary N) is 1. The zero-order chi connectivity index (χ0) is 15.0. The lowest BCUT2D eigenvalue weighted by atomic mass is 10.1. The maximum Gasteiger partial charge on any atom is 0.227 e. The smallest absolute Gasteiger partial charge is 0.227 e. The summed E-state index contributed by atoms with van der Waals surface area (Å²) in [5.74, 6) is 0.0217. The third-order valence-corrected chi connectivity index (χ3v) is 3.58. The van der Waals surface area contributed by atoms with E-state index in [1.807, 2.05) is 0 Å². The number of hydrogen-bond donors (Lipinski definition) is 2. The summed E-state index contributed by atoms with van der Waals surface area (Å²) in [5.41, 5.74) is 6.09. The second-order valence-electron chi connectivity index (χ2n) is 4.43. The minimum Gasteiger partial charge on any atom is -0.508 e. The molecule has 0 saturated carbocycles. The average molecular weight is 349 g/mol. The molecule has 0 aliphatic carbocycles. The summed E-state index contributed by atoms with van der Waals surface area (Å²) < 4.78 is 19.5. The molecule has 0 fully saturated rings. The Kier molecular flexibility index (Phi) is 3.39. The third kappa shape index (κ3) is 2.62. The molecule has 1 heterocycles. The molecule has 3 N–H and O–H groups in total. The summed E-state index contributed by atoms with van der Waals surface area (Å²) in [6.45, 7) is 0. The number of ether oxygens (including phenoxy) is 1. The molecule has 0 saturated heterocycles. The fraction of sp³-hybridized carbons (Fsp3) is 0. The van der Waals surface area contributed by atoms with E-state index in [2.05, 4.69) is 20.9 Å². The minimum absolute atomic E-state index is 0.0929. The topological polar surface area (TPSA) is 68.4 Å². The van der Waals surface area contributed by atoms with Crippen LogP contribution < -0.4 is 10.5 Å². The summed E-state index contributed by atoms with van der Waals surface area (Å²) in [5, 5.41) is 11.0. The van der Waals surface area contributed by atoms with Gasteiger partial charge in [-0.15, -0.1) is 0 Å². The molecule has 0 unspecified atom stereocenters. The SMILES string of the molecule is Nc1cc(Br)c(F)cc1Oc1nccc2ccc(O)cc12. The van der Waals surface area contributed by atoms with Crippen LogP contribution in [-0.2, 0) is 0 Å². The molecule has 0 spiro atoms. The van der Waals surface area contributed by atoms with Crippen LogP contribution in [0.3, 0.4) is 0 Å². The van der Waals surface area contributed by atoms with Crippen molar-refractivity contribution >= 4 is 32.4 Å². The van der Waals surface area contributed by atoms with Crippen LogP contribution in [-0.4, -0.2) is 10.1 Å². The number of benzene rings is 2. The van der Waals surface area contributed by atoms with Gasteiger partial charge in [0.15, 0.2) is 5.75 Å². The van der Waals surface area contributed by atoms with Crippen molar-refractivity contribution in [3.8, 4) is 17.4 Å². The van der Waals surface area contributed by atoms with Crippen molar-refractivity contribution in [3.63, 3.8) is 0 Å². The van der Waals surface area contributed by atoms with Crippen LogP contribution in [0, 0.1) is 5.82 Å². The molecule has 3 aromatic rings. The molecule has 0 aliphatic heterocycles. The molecule has 1 aromatic heterocycles. The number of aromatic hydroxyl groups is 1. The number of fused-ring (bicyclic) bond motifs is 1. The van der Waals surface area contributed by atoms with E-state index < -0.39 is 5.82 Å². The molecule has 0 radical (unpaired) electrons. The van der Waals surface area contributed by atoms with Gasteiger partial charge in [-0.2, -0.15) is 0 Å². The van der Waals surface area contributed by atoms with E-state index in [0.717, 1.165) is 5.39 Å². The molecule has 0 aliphatic rings. The van der Waals surface area contributed by atoms with Gasteiger partial charge >= 0.3 is 0 Å². The number of rotatable bonds is 2. The molecule has 106 valence electrons. The molecular formula is C15H10BrFN2O2. The first-order valence-corrected chi connectivity index (χ1v) is 6.84. The third-order valence-electron chi connectivity index (χ3n) is 2.97. The summed E-state index contributed by atoms with van der Waals surface area (Å²) in [7, 11) is 0. The Morgan fingerprint density at radius 2 is 2.00 bits per heavy atom. The lowest BCUT2D eigenvalue weighted by Crippen LogP contribution is -1.96. The second-order valence-corrected chi connectivity index (χ2v) is 5.28. The van der Waals surface area contributed by atoms with E-state index in [-0.39, 0.29) is 27.5 Å². The van der Waals surface area contributed by atoms with Gasteiger partial charge in [0.2, 0.25) is 5.88 Å². The van der Waals surface area contributed by atoms with Crippen molar-refractivity contribution in [2.45, 2.75) is 0 Å². The maximum atomic E-state index is 13.6. The van der Waals surface area contributed by atoms with Gasteiger partial charge in [-0.25, -0.2) is 9.37 Å². The van der Waals surface area contributed by atoms with Crippen LogP contribution in [0.4, 0.5) is 10.1 Å². The normalized spacial score (nSPS) is 10.8. The van der Waals surface area contributed by atoms with Crippen LogP contribution in [0.2, 0.25) is 0 Å². The Morgan fingerprint density at radius 1 is 1.19 bits per heavy atom. The summed E-state index contributed by atoms with van der Waals surface area (Å²) in [6, 6.07) is 9.23. The largest absolute Gasteiger partial charge is 0.508 e. The van der Waals surface area contributed by atoms with Crippen molar-refractivity contribution in [2.24, 2.45) is 0 Å². The van der Waals surface area contributed by atoms with Crippen LogP contribution in [0.25, 0.3) is 10.8 Å². The molecule has 21 heavy (non-hydrogen) atoms. The van der Waals surface area contributed by atoms with E-state index >= 15 is 0 Å². The zero-order valence-electron chi connectivity index (χ0n) is 10.7. The molecule has 3 rings (SSSR count). The van der Waals surface area contributed by atoms with Gasteiger partial charge in [0.25, 0.3) is 0 Å². The zero-order valence-corrected chi connectivity index (χ0v) is 12.3. The van der Waals surface area contributed by atoms with E-state index in [4.69, 9.17) is 10.5 Å². The lowest BCUT2D eigenvalue weighted by Gasteiger charge is -2.10. The fourth-order valence-corrected chi connectivity index (χ4v) is 2.31. The number of hydrogen-bond acceptors (Lipinski definition) is 4. The average Bonchev–Trinajstić information content (AvgIpc) is 2.45. The van der Waals surface area contributed by atoms with Crippen LogP contribution >= 0.6 is 15.9 Å². The fourth-order valence-electron chi connectivity index (χ4n) is 1.95. The highest BCUT2D eigenvalue weighted by Gasteiger charge is 2.11. The van der Waals surface area contributed by atoms with Crippen LogP contribution in [0.15, 0.2) is 47.1 Å². The highest BCUT2D eigenvalue weighted by Crippen LogP contribution is 2.34. The van der Waals surface area contributed by atoms with Gasteiger partial charge in [0.05, 0.1) is 10.2 Å². The Balaban J connectivity index is 2.10. The highest BCUT2D eigenvalue weighted by atomic mass is 79.9. The number of phenolic OH excluding ortho intramolecular Hbond substituents is 1. The number of phenols is 1. The molecule has 4 nitrogen and oxygen atoms in total. The Hall–Kier alpha value is -2.34. The van der Waals surface area contributed by atoms with Gasteiger partial charge in [0, 0.05) is 17.6 Å². The standard InChI is InChI=1S/C15H10BrFN2O2/c16-11-6-13(18)14(7-12(11)17)21-15-10-5-9(20)2-1-8(10)3-4-19-15/h1-7,20H,18H2. The Morgan fingerprint density at radius 3 is 2.81 bits per heavy atom. The van der Waals surface area contributed by atoms with Crippen molar-refractivity contribution < 1.29 is 14.2 Å². The van der Waals surface area contributed by atoms with E-state index in [9.17, 15) is 9.50 Å². The maximum absolute atomic E-state index is 13.6. The summed E-state index contributed by atoms with van der Waals surface area (Å²) >= 11 is 3.06. The summed E-state index contributed by atoms with van der Waals surface area (Å²) in [4.78, 5) is 4.11. The number of halogens is 2. The van der Waals surface area contributed by atoms with Crippen molar-refractivity contribution in [3.05, 3.63) is 52.9 Å². The second kappa shape index (κ2) is 5.21. The van der Waals surface area contributed by atoms with Crippen molar-refractivity contribution in [2.75, 3.05) is 5.73 Å². The first-order chi connectivity index (χ1) is 10.0. The van der Waals surface area contributed by atoms with Crippen molar-refractivity contribution in [1.82, 2.24) is 4.98 Å². The van der Waals surface area contributed by atoms with Crippen LogP contribution in [0.1, 0.15) is 0 Å². The number of nitrogen functional groups attached to an aromatic ring is 1. The number of aromatic nitrogens is 1. The quantitative estimate of drug-likeness (QED) is 0.680. The van der Waals surface area contributed by atoms with Gasteiger partial charge < -0.3 is 15.6 Å². The Bertz CT molecular complexity index is 839. The monoisotopic (exact) mass is 348 g/mol. The van der Waals surface area contributed by atoms with Gasteiger partial charge in [-0.05, 0) is 45.6 Å². The predicted octanol–water partition coefficient (Wildman–Crippen LogP) is 4.22. The molecule has 0 atom stereocenters. The molecular weight excluding hydrogens is 339 g/mol. The first-order valence-electron chi connectivity index (χ1n) is 6.05. The molecule has 0 amide bonds.